The van der Waals surface area contributed by atoms with E-state index in [9.17, 15) is 29.9 Å². The summed E-state index contributed by atoms with van der Waals surface area (Å²) in [4.78, 5) is 33.7. The van der Waals surface area contributed by atoms with Crippen LogP contribution in [0.1, 0.15) is 38.2 Å². The molecular formula is C14H17NO6. The summed E-state index contributed by atoms with van der Waals surface area (Å²) in [7, 11) is 0. The van der Waals surface area contributed by atoms with Crippen LogP contribution in [0.5, 0.6) is 0 Å². The Kier molecular flexibility index (Phi) is 5.02. The van der Waals surface area contributed by atoms with E-state index < -0.39 is 28.2 Å². The molecule has 0 amide bonds. The van der Waals surface area contributed by atoms with E-state index in [1.54, 1.807) is 6.92 Å². The molecule has 0 aliphatic rings. The topological polar surface area (TPSA) is 118 Å². The molecule has 1 aromatic rings. The molecule has 114 valence electrons. The van der Waals surface area contributed by atoms with Crippen LogP contribution in [0.15, 0.2) is 24.3 Å². The van der Waals surface area contributed by atoms with E-state index in [0.717, 1.165) is 0 Å². The zero-order valence-corrected chi connectivity index (χ0v) is 11.8. The van der Waals surface area contributed by atoms with Gasteiger partial charge >= 0.3 is 11.9 Å². The van der Waals surface area contributed by atoms with E-state index in [1.807, 2.05) is 0 Å². The minimum Gasteiger partial charge on any atom is -0.480 e. The van der Waals surface area contributed by atoms with Gasteiger partial charge in [-0.2, -0.15) is 0 Å². The zero-order valence-electron chi connectivity index (χ0n) is 11.8. The molecule has 0 radical (unpaired) electrons. The SMILES string of the molecule is CCC(c1ccccc1[N+](=O)[O-])C(CC)(C(=O)O)C(=O)O. The van der Waals surface area contributed by atoms with Gasteiger partial charge < -0.3 is 10.2 Å². The molecule has 7 heteroatoms. The Morgan fingerprint density at radius 1 is 1.24 bits per heavy atom. The Balaban J connectivity index is 3.58. The van der Waals surface area contributed by atoms with Crippen LogP contribution in [-0.4, -0.2) is 27.1 Å². The van der Waals surface area contributed by atoms with Gasteiger partial charge in [-0.3, -0.25) is 19.7 Å². The summed E-state index contributed by atoms with van der Waals surface area (Å²) in [6.07, 6.45) is -0.000481. The summed E-state index contributed by atoms with van der Waals surface area (Å²) < 4.78 is 0. The predicted octanol–water partition coefficient (Wildman–Crippen LogP) is 2.65. The number of benzene rings is 1. The number of hydrogen-bond donors (Lipinski definition) is 2. The van der Waals surface area contributed by atoms with Gasteiger partial charge in [0.1, 0.15) is 0 Å². The third-order valence-electron chi connectivity index (χ3n) is 3.83. The van der Waals surface area contributed by atoms with Gasteiger partial charge in [-0.1, -0.05) is 32.0 Å². The first-order valence-electron chi connectivity index (χ1n) is 6.52. The second kappa shape index (κ2) is 6.34. The van der Waals surface area contributed by atoms with Crippen LogP contribution in [-0.2, 0) is 9.59 Å². The summed E-state index contributed by atoms with van der Waals surface area (Å²) in [6, 6.07) is 5.67. The number of hydrogen-bond acceptors (Lipinski definition) is 4. The van der Waals surface area contributed by atoms with Gasteiger partial charge in [0.25, 0.3) is 5.69 Å². The molecule has 2 N–H and O–H groups in total. The second-order valence-electron chi connectivity index (χ2n) is 4.71. The second-order valence-corrected chi connectivity index (χ2v) is 4.71. The standard InChI is InChI=1S/C14H17NO6/c1-3-10(14(4-2,12(16)17)13(18)19)9-7-5-6-8-11(9)15(20)21/h5-8,10H,3-4H2,1-2H3,(H,16,17)(H,18,19). The van der Waals surface area contributed by atoms with Gasteiger partial charge in [0.2, 0.25) is 0 Å². The highest BCUT2D eigenvalue weighted by Crippen LogP contribution is 2.44. The number of carboxylic acids is 2. The first kappa shape index (κ1) is 16.6. The Bertz CT molecular complexity index is 554. The van der Waals surface area contributed by atoms with E-state index in [4.69, 9.17) is 0 Å². The molecule has 0 heterocycles. The van der Waals surface area contributed by atoms with Crippen molar-refractivity contribution in [3.8, 4) is 0 Å². The lowest BCUT2D eigenvalue weighted by Crippen LogP contribution is -2.44. The molecule has 0 aliphatic carbocycles. The van der Waals surface area contributed by atoms with Crippen molar-refractivity contribution in [2.45, 2.75) is 32.6 Å². The summed E-state index contributed by atoms with van der Waals surface area (Å²) in [5.41, 5.74) is -2.21. The highest BCUT2D eigenvalue weighted by atomic mass is 16.6. The van der Waals surface area contributed by atoms with Gasteiger partial charge in [0.05, 0.1) is 4.92 Å². The van der Waals surface area contributed by atoms with Crippen LogP contribution in [0, 0.1) is 15.5 Å². The number of nitro groups is 1. The molecule has 1 aromatic carbocycles. The van der Waals surface area contributed by atoms with Gasteiger partial charge in [-0.05, 0) is 12.8 Å². The molecule has 0 saturated heterocycles. The molecule has 0 fully saturated rings. The van der Waals surface area contributed by atoms with E-state index in [1.165, 1.54) is 31.2 Å². The van der Waals surface area contributed by atoms with Crippen molar-refractivity contribution in [1.29, 1.82) is 0 Å². The van der Waals surface area contributed by atoms with Crippen molar-refractivity contribution in [2.75, 3.05) is 0 Å². The molecule has 21 heavy (non-hydrogen) atoms. The number of nitro benzene ring substituents is 1. The lowest BCUT2D eigenvalue weighted by Gasteiger charge is -2.32. The van der Waals surface area contributed by atoms with E-state index in [2.05, 4.69) is 0 Å². The van der Waals surface area contributed by atoms with Crippen molar-refractivity contribution >= 4 is 17.6 Å². The van der Waals surface area contributed by atoms with Crippen LogP contribution < -0.4 is 0 Å². The molecule has 0 spiro atoms. The van der Waals surface area contributed by atoms with Crippen molar-refractivity contribution in [3.05, 3.63) is 39.9 Å². The molecule has 0 aromatic heterocycles. The predicted molar refractivity (Wildman–Crippen MR) is 74.1 cm³/mol. The fraction of sp³-hybridized carbons (Fsp3) is 0.429. The number of nitrogens with zero attached hydrogens (tertiary/aromatic N) is 1. The number of rotatable bonds is 7. The van der Waals surface area contributed by atoms with Gasteiger partial charge in [0, 0.05) is 17.5 Å². The molecule has 7 nitrogen and oxygen atoms in total. The number of para-hydroxylation sites is 1. The number of aliphatic carboxylic acids is 2. The minimum absolute atomic E-state index is 0.136. The van der Waals surface area contributed by atoms with Crippen LogP contribution in [0.2, 0.25) is 0 Å². The molecule has 0 saturated carbocycles. The maximum atomic E-state index is 11.6. The van der Waals surface area contributed by atoms with E-state index >= 15 is 0 Å². The summed E-state index contributed by atoms with van der Waals surface area (Å²) >= 11 is 0. The molecule has 1 unspecified atom stereocenters. The van der Waals surface area contributed by atoms with Crippen molar-refractivity contribution < 1.29 is 24.7 Å². The van der Waals surface area contributed by atoms with Crippen LogP contribution in [0.4, 0.5) is 5.69 Å². The van der Waals surface area contributed by atoms with Crippen molar-refractivity contribution in [1.82, 2.24) is 0 Å². The highest BCUT2D eigenvalue weighted by molar-refractivity contribution is 5.99. The maximum absolute atomic E-state index is 11.6. The number of carbonyl (C=O) groups is 2. The monoisotopic (exact) mass is 295 g/mol. The molecule has 1 rings (SSSR count). The first-order valence-corrected chi connectivity index (χ1v) is 6.52. The highest BCUT2D eigenvalue weighted by Gasteiger charge is 2.52. The quantitative estimate of drug-likeness (QED) is 0.453. The summed E-state index contributed by atoms with van der Waals surface area (Å²) in [5, 5.41) is 30.0. The number of carboxylic acid groups (broad SMARTS) is 2. The average Bonchev–Trinajstić information content (AvgIpc) is 2.43. The zero-order chi connectivity index (χ0) is 16.2. The molecule has 1 atom stereocenters. The van der Waals surface area contributed by atoms with Crippen LogP contribution in [0.25, 0.3) is 0 Å². The fourth-order valence-corrected chi connectivity index (χ4v) is 2.72. The summed E-state index contributed by atoms with van der Waals surface area (Å²) in [6.45, 7) is 3.08. The third-order valence-corrected chi connectivity index (χ3v) is 3.83. The van der Waals surface area contributed by atoms with Crippen LogP contribution in [0.3, 0.4) is 0 Å². The Hall–Kier alpha value is -2.44. The molecule has 0 aliphatic heterocycles. The third kappa shape index (κ3) is 2.72. The largest absolute Gasteiger partial charge is 0.480 e. The average molecular weight is 295 g/mol. The minimum atomic E-state index is -2.08. The summed E-state index contributed by atoms with van der Waals surface area (Å²) in [5.74, 6) is -3.95. The van der Waals surface area contributed by atoms with Gasteiger partial charge in [0.15, 0.2) is 5.41 Å². The Morgan fingerprint density at radius 2 is 1.76 bits per heavy atom. The lowest BCUT2D eigenvalue weighted by atomic mass is 9.68. The maximum Gasteiger partial charge on any atom is 0.321 e. The normalized spacial score (nSPS) is 12.7. The molecular weight excluding hydrogens is 278 g/mol. The molecule has 0 bridgehead atoms. The van der Waals surface area contributed by atoms with Crippen molar-refractivity contribution in [2.24, 2.45) is 5.41 Å². The van der Waals surface area contributed by atoms with E-state index in [-0.39, 0.29) is 24.1 Å². The van der Waals surface area contributed by atoms with E-state index in [0.29, 0.717) is 0 Å². The smallest absolute Gasteiger partial charge is 0.321 e. The van der Waals surface area contributed by atoms with Gasteiger partial charge in [-0.25, -0.2) is 0 Å². The van der Waals surface area contributed by atoms with Crippen molar-refractivity contribution in [3.63, 3.8) is 0 Å². The Labute approximate surface area is 121 Å². The Morgan fingerprint density at radius 3 is 2.14 bits per heavy atom. The fourth-order valence-electron chi connectivity index (χ4n) is 2.72. The lowest BCUT2D eigenvalue weighted by molar-refractivity contribution is -0.385. The van der Waals surface area contributed by atoms with Gasteiger partial charge in [-0.15, -0.1) is 0 Å². The van der Waals surface area contributed by atoms with Crippen LogP contribution >= 0.6 is 0 Å². The first-order chi connectivity index (χ1) is 9.82.